The molecule has 0 fully saturated rings. The van der Waals surface area contributed by atoms with Crippen molar-refractivity contribution >= 4 is 66.5 Å². The van der Waals surface area contributed by atoms with Crippen LogP contribution in [0.15, 0.2) is 168 Å². The molecule has 0 saturated heterocycles. The molecule has 8 aromatic rings. The summed E-state index contributed by atoms with van der Waals surface area (Å²) in [6, 6.07) is 57.0. The standard InChI is InChI=1S/C50H38N2OS/c1-49(2)37-21-9-13-25-41(37)51(42-26-14-10-22-38(42)49)45-29-35-36-30-46(52-43-27-15-11-23-39(43)50(3,4)40-24-12-16-28-44(40)52)32-18-6-8-20-34(32)48(36)54(53)47(35)33-19-7-5-17-31(33)45/h5-30H,1-4H3. The predicted octanol–water partition coefficient (Wildman–Crippen LogP) is 13.4. The van der Waals surface area contributed by atoms with Crippen molar-refractivity contribution in [2.45, 2.75) is 48.3 Å². The molecule has 0 radical (unpaired) electrons. The van der Waals surface area contributed by atoms with Gasteiger partial charge in [-0.2, -0.15) is 0 Å². The van der Waals surface area contributed by atoms with Gasteiger partial charge in [-0.15, -0.1) is 0 Å². The number of nitrogens with zero attached hydrogens (tertiary/aromatic N) is 2. The molecule has 0 amide bonds. The third-order valence-corrected chi connectivity index (χ3v) is 14.0. The second-order valence-corrected chi connectivity index (χ2v) is 17.2. The number of fused-ring (bicyclic) bond motifs is 11. The predicted molar refractivity (Wildman–Crippen MR) is 225 cm³/mol. The molecule has 0 unspecified atom stereocenters. The van der Waals surface area contributed by atoms with E-state index in [4.69, 9.17) is 0 Å². The number of rotatable bonds is 2. The second kappa shape index (κ2) is 11.0. The zero-order chi connectivity index (χ0) is 36.5. The highest BCUT2D eigenvalue weighted by Crippen LogP contribution is 2.58. The van der Waals surface area contributed by atoms with Crippen LogP contribution in [0.4, 0.5) is 34.1 Å². The van der Waals surface area contributed by atoms with Gasteiger partial charge >= 0.3 is 0 Å². The molecular formula is C50H38N2OS. The molecule has 0 bridgehead atoms. The summed E-state index contributed by atoms with van der Waals surface area (Å²) < 4.78 is 15.1. The lowest BCUT2D eigenvalue weighted by molar-refractivity contribution is 0.632. The Morgan fingerprint density at radius 2 is 0.648 bits per heavy atom. The zero-order valence-corrected chi connectivity index (χ0v) is 31.5. The summed E-state index contributed by atoms with van der Waals surface area (Å²) in [4.78, 5) is 6.68. The average Bonchev–Trinajstić information content (AvgIpc) is 3.49. The van der Waals surface area contributed by atoms with Gasteiger partial charge in [0.1, 0.15) is 0 Å². The first-order valence-corrected chi connectivity index (χ1v) is 19.9. The molecule has 0 aliphatic carbocycles. The summed E-state index contributed by atoms with van der Waals surface area (Å²) >= 11 is 0. The van der Waals surface area contributed by atoms with Crippen molar-refractivity contribution in [3.05, 3.63) is 180 Å². The normalized spacial score (nSPS) is 16.0. The van der Waals surface area contributed by atoms with E-state index in [2.05, 4.69) is 195 Å². The topological polar surface area (TPSA) is 23.6 Å². The van der Waals surface area contributed by atoms with E-state index in [0.717, 1.165) is 53.8 Å². The van der Waals surface area contributed by atoms with Gasteiger partial charge in [-0.25, -0.2) is 4.21 Å². The Morgan fingerprint density at radius 3 is 0.981 bits per heavy atom. The second-order valence-electron chi connectivity index (χ2n) is 15.9. The van der Waals surface area contributed by atoms with E-state index < -0.39 is 10.8 Å². The van der Waals surface area contributed by atoms with Crippen LogP contribution in [-0.2, 0) is 21.6 Å². The Bertz CT molecular complexity index is 2640. The molecule has 3 heterocycles. The van der Waals surface area contributed by atoms with Gasteiger partial charge in [-0.1, -0.05) is 149 Å². The molecule has 4 heteroatoms. The number of hydrogen-bond donors (Lipinski definition) is 0. The molecule has 0 aromatic heterocycles. The van der Waals surface area contributed by atoms with Gasteiger partial charge in [-0.05, 0) is 58.7 Å². The summed E-state index contributed by atoms with van der Waals surface area (Å²) in [5.41, 5.74) is 13.8. The highest BCUT2D eigenvalue weighted by Gasteiger charge is 2.41. The third-order valence-electron chi connectivity index (χ3n) is 12.4. The van der Waals surface area contributed by atoms with Crippen LogP contribution in [0.1, 0.15) is 49.9 Å². The minimum absolute atomic E-state index is 0.173. The van der Waals surface area contributed by atoms with E-state index in [-0.39, 0.29) is 10.8 Å². The molecular weight excluding hydrogens is 677 g/mol. The maximum Gasteiger partial charge on any atom is 0.0875 e. The lowest BCUT2D eigenvalue weighted by Gasteiger charge is -2.42. The van der Waals surface area contributed by atoms with E-state index in [1.54, 1.807) is 0 Å². The molecule has 3 nitrogen and oxygen atoms in total. The number of benzene rings is 8. The van der Waals surface area contributed by atoms with E-state index >= 15 is 4.21 Å². The lowest BCUT2D eigenvalue weighted by Crippen LogP contribution is -2.30. The fraction of sp³-hybridized carbons (Fsp3) is 0.120. The fourth-order valence-corrected chi connectivity index (χ4v) is 11.5. The van der Waals surface area contributed by atoms with E-state index in [1.807, 2.05) is 0 Å². The minimum atomic E-state index is -1.39. The Kier molecular flexibility index (Phi) is 6.45. The van der Waals surface area contributed by atoms with Crippen molar-refractivity contribution in [3.63, 3.8) is 0 Å². The van der Waals surface area contributed by atoms with E-state index in [0.29, 0.717) is 0 Å². The van der Waals surface area contributed by atoms with Crippen LogP contribution in [0.5, 0.6) is 0 Å². The molecule has 54 heavy (non-hydrogen) atoms. The SMILES string of the molecule is CC1(C)c2ccccc2N(c2cc3c(c4ccccc24)S(=O)c2c-3cc(N3c4ccccc4C(C)(C)c4ccccc43)c3ccccc23)c2ccccc21. The minimum Gasteiger partial charge on any atom is -0.309 e. The molecule has 0 saturated carbocycles. The first-order chi connectivity index (χ1) is 26.3. The first-order valence-electron chi connectivity index (χ1n) is 18.8. The van der Waals surface area contributed by atoms with Crippen molar-refractivity contribution in [1.29, 1.82) is 0 Å². The van der Waals surface area contributed by atoms with Crippen LogP contribution in [0.3, 0.4) is 0 Å². The molecule has 260 valence electrons. The molecule has 3 aliphatic rings. The van der Waals surface area contributed by atoms with Crippen molar-refractivity contribution in [1.82, 2.24) is 0 Å². The molecule has 8 aromatic carbocycles. The molecule has 11 rings (SSSR count). The van der Waals surface area contributed by atoms with Crippen LogP contribution in [0.2, 0.25) is 0 Å². The third kappa shape index (κ3) is 4.04. The highest BCUT2D eigenvalue weighted by atomic mass is 32.2. The Morgan fingerprint density at radius 1 is 0.370 bits per heavy atom. The zero-order valence-electron chi connectivity index (χ0n) is 30.7. The van der Waals surface area contributed by atoms with Crippen molar-refractivity contribution in [3.8, 4) is 11.1 Å². The monoisotopic (exact) mass is 714 g/mol. The maximum atomic E-state index is 15.1. The Balaban J connectivity index is 1.23. The van der Waals surface area contributed by atoms with Crippen molar-refractivity contribution in [2.75, 3.05) is 9.80 Å². The van der Waals surface area contributed by atoms with E-state index in [1.165, 1.54) is 45.0 Å². The smallest absolute Gasteiger partial charge is 0.0875 e. The lowest BCUT2D eigenvalue weighted by atomic mass is 9.73. The van der Waals surface area contributed by atoms with Crippen molar-refractivity contribution < 1.29 is 4.21 Å². The summed E-state index contributed by atoms with van der Waals surface area (Å²) in [5, 5.41) is 4.24. The largest absolute Gasteiger partial charge is 0.309 e. The van der Waals surface area contributed by atoms with E-state index in [9.17, 15) is 0 Å². The summed E-state index contributed by atoms with van der Waals surface area (Å²) in [7, 11) is -1.39. The van der Waals surface area contributed by atoms with Gasteiger partial charge in [-0.3, -0.25) is 0 Å². The molecule has 0 N–H and O–H groups in total. The maximum absolute atomic E-state index is 15.1. The highest BCUT2D eigenvalue weighted by molar-refractivity contribution is 7.86. The molecule has 3 aliphatic heterocycles. The van der Waals surface area contributed by atoms with Gasteiger partial charge in [0.2, 0.25) is 0 Å². The van der Waals surface area contributed by atoms with Crippen LogP contribution in [0.25, 0.3) is 32.7 Å². The number of para-hydroxylation sites is 4. The van der Waals surface area contributed by atoms with Crippen LogP contribution < -0.4 is 9.80 Å². The fourth-order valence-electron chi connectivity index (χ4n) is 9.79. The average molecular weight is 715 g/mol. The van der Waals surface area contributed by atoms with Gasteiger partial charge in [0, 0.05) is 43.5 Å². The van der Waals surface area contributed by atoms with Crippen LogP contribution in [-0.4, -0.2) is 4.21 Å². The summed E-state index contributed by atoms with van der Waals surface area (Å²) in [5.74, 6) is 0. The van der Waals surface area contributed by atoms with Crippen molar-refractivity contribution in [2.24, 2.45) is 0 Å². The van der Waals surface area contributed by atoms with Gasteiger partial charge in [0.25, 0.3) is 0 Å². The van der Waals surface area contributed by atoms with Gasteiger partial charge < -0.3 is 9.80 Å². The van der Waals surface area contributed by atoms with Crippen LogP contribution in [0, 0.1) is 0 Å². The number of anilines is 6. The quantitative estimate of drug-likeness (QED) is 0.178. The summed E-state index contributed by atoms with van der Waals surface area (Å²) in [6.07, 6.45) is 0. The Hall–Kier alpha value is -5.97. The molecule has 0 spiro atoms. The number of hydrogen-bond acceptors (Lipinski definition) is 3. The van der Waals surface area contributed by atoms with Gasteiger partial charge in [0.05, 0.1) is 54.7 Å². The molecule has 0 atom stereocenters. The first kappa shape index (κ1) is 31.5. The van der Waals surface area contributed by atoms with Crippen LogP contribution >= 0.6 is 0 Å². The Labute approximate surface area is 318 Å². The summed E-state index contributed by atoms with van der Waals surface area (Å²) in [6.45, 7) is 9.30. The van der Waals surface area contributed by atoms with Gasteiger partial charge in [0.15, 0.2) is 0 Å².